The monoisotopic (exact) mass is 285 g/mol. The van der Waals surface area contributed by atoms with Crippen molar-refractivity contribution >= 4 is 23.8 Å². The van der Waals surface area contributed by atoms with Crippen molar-refractivity contribution in [1.82, 2.24) is 5.06 Å². The predicted octanol–water partition coefficient (Wildman–Crippen LogP) is 1.12. The van der Waals surface area contributed by atoms with Crippen molar-refractivity contribution in [2.75, 3.05) is 0 Å². The highest BCUT2D eigenvalue weighted by Crippen LogP contribution is 2.35. The van der Waals surface area contributed by atoms with Gasteiger partial charge < -0.3 is 9.94 Å². The first kappa shape index (κ1) is 16.1. The van der Waals surface area contributed by atoms with Crippen LogP contribution in [0.2, 0.25) is 0 Å². The standard InChI is InChI=1S/C13H19NO6/c1-13(2,3)8-7-9(15)14(12(8)19)20-11(18)6-4-5-10(16)17/h8H,4-7H2,1-3H3,(H,16,17). The van der Waals surface area contributed by atoms with E-state index in [4.69, 9.17) is 9.94 Å². The number of carboxylic acid groups (broad SMARTS) is 1. The van der Waals surface area contributed by atoms with Crippen LogP contribution in [-0.4, -0.2) is 33.9 Å². The molecule has 1 atom stereocenters. The summed E-state index contributed by atoms with van der Waals surface area (Å²) in [5, 5.41) is 8.96. The molecule has 20 heavy (non-hydrogen) atoms. The van der Waals surface area contributed by atoms with Crippen LogP contribution in [0.3, 0.4) is 0 Å². The van der Waals surface area contributed by atoms with Crippen LogP contribution >= 0.6 is 0 Å². The summed E-state index contributed by atoms with van der Waals surface area (Å²) in [4.78, 5) is 50.2. The summed E-state index contributed by atoms with van der Waals surface area (Å²) in [6, 6.07) is 0. The molecule has 0 aromatic carbocycles. The molecule has 7 heteroatoms. The number of amides is 2. The number of hydrogen-bond acceptors (Lipinski definition) is 5. The molecule has 0 bridgehead atoms. The van der Waals surface area contributed by atoms with Gasteiger partial charge in [-0.3, -0.25) is 14.4 Å². The maximum Gasteiger partial charge on any atom is 0.333 e. The van der Waals surface area contributed by atoms with E-state index in [0.717, 1.165) is 0 Å². The van der Waals surface area contributed by atoms with Crippen LogP contribution < -0.4 is 0 Å². The largest absolute Gasteiger partial charge is 0.481 e. The molecule has 1 rings (SSSR count). The Bertz CT molecular complexity index is 437. The molecule has 0 aromatic rings. The molecular weight excluding hydrogens is 266 g/mol. The summed E-state index contributed by atoms with van der Waals surface area (Å²) in [5.74, 6) is -3.36. The van der Waals surface area contributed by atoms with E-state index in [-0.39, 0.29) is 25.7 Å². The fourth-order valence-corrected chi connectivity index (χ4v) is 1.91. The summed E-state index contributed by atoms with van der Waals surface area (Å²) < 4.78 is 0. The molecule has 1 aliphatic heterocycles. The quantitative estimate of drug-likeness (QED) is 0.760. The number of imide groups is 1. The van der Waals surface area contributed by atoms with Gasteiger partial charge in [-0.05, 0) is 11.8 Å². The number of carboxylic acids is 1. The Labute approximate surface area is 116 Å². The van der Waals surface area contributed by atoms with Crippen LogP contribution in [0.25, 0.3) is 0 Å². The molecule has 7 nitrogen and oxygen atoms in total. The molecule has 0 spiro atoms. The van der Waals surface area contributed by atoms with Crippen LogP contribution in [0.1, 0.15) is 46.5 Å². The van der Waals surface area contributed by atoms with Crippen molar-refractivity contribution in [3.63, 3.8) is 0 Å². The molecule has 1 N–H and O–H groups in total. The molecule has 1 unspecified atom stereocenters. The molecular formula is C13H19NO6. The molecule has 1 heterocycles. The molecule has 1 fully saturated rings. The topological polar surface area (TPSA) is 101 Å². The summed E-state index contributed by atoms with van der Waals surface area (Å²) >= 11 is 0. The maximum atomic E-state index is 12.0. The second-order valence-corrected chi connectivity index (χ2v) is 5.86. The third-order valence-corrected chi connectivity index (χ3v) is 3.11. The average Bonchev–Trinajstić information content (AvgIpc) is 2.56. The number of nitrogens with zero attached hydrogens (tertiary/aromatic N) is 1. The van der Waals surface area contributed by atoms with Gasteiger partial charge in [-0.1, -0.05) is 20.8 Å². The van der Waals surface area contributed by atoms with E-state index in [0.29, 0.717) is 5.06 Å². The minimum Gasteiger partial charge on any atom is -0.481 e. The van der Waals surface area contributed by atoms with Gasteiger partial charge in [0.05, 0.1) is 5.92 Å². The van der Waals surface area contributed by atoms with E-state index in [1.807, 2.05) is 20.8 Å². The van der Waals surface area contributed by atoms with Gasteiger partial charge in [0.1, 0.15) is 0 Å². The first-order chi connectivity index (χ1) is 9.12. The van der Waals surface area contributed by atoms with Gasteiger partial charge in [0, 0.05) is 19.3 Å². The lowest BCUT2D eigenvalue weighted by Crippen LogP contribution is -2.35. The van der Waals surface area contributed by atoms with Crippen LogP contribution in [0, 0.1) is 11.3 Å². The highest BCUT2D eigenvalue weighted by Gasteiger charge is 2.46. The lowest BCUT2D eigenvalue weighted by Gasteiger charge is -2.24. The number of rotatable bonds is 5. The first-order valence-electron chi connectivity index (χ1n) is 6.42. The number of carbonyl (C=O) groups excluding carboxylic acids is 3. The van der Waals surface area contributed by atoms with E-state index >= 15 is 0 Å². The zero-order valence-electron chi connectivity index (χ0n) is 11.8. The third kappa shape index (κ3) is 4.04. The lowest BCUT2D eigenvalue weighted by molar-refractivity contribution is -0.198. The minimum atomic E-state index is -1.01. The Kier molecular flexibility index (Phi) is 4.86. The molecule has 2 amide bonds. The predicted molar refractivity (Wildman–Crippen MR) is 67.0 cm³/mol. The Morgan fingerprint density at radius 1 is 1.30 bits per heavy atom. The van der Waals surface area contributed by atoms with Crippen LogP contribution in [-0.2, 0) is 24.0 Å². The number of hydrogen-bond donors (Lipinski definition) is 1. The van der Waals surface area contributed by atoms with E-state index < -0.39 is 35.1 Å². The van der Waals surface area contributed by atoms with Crippen molar-refractivity contribution in [1.29, 1.82) is 0 Å². The van der Waals surface area contributed by atoms with Gasteiger partial charge in [0.25, 0.3) is 11.8 Å². The fourth-order valence-electron chi connectivity index (χ4n) is 1.91. The van der Waals surface area contributed by atoms with Crippen LogP contribution in [0.5, 0.6) is 0 Å². The van der Waals surface area contributed by atoms with Gasteiger partial charge in [0.2, 0.25) is 0 Å². The Balaban J connectivity index is 2.56. The van der Waals surface area contributed by atoms with Crippen LogP contribution in [0.15, 0.2) is 0 Å². The maximum absolute atomic E-state index is 12.0. The SMILES string of the molecule is CC(C)(C)C1CC(=O)N(OC(=O)CCCC(=O)O)C1=O. The van der Waals surface area contributed by atoms with E-state index in [1.165, 1.54) is 0 Å². The Morgan fingerprint density at radius 2 is 1.90 bits per heavy atom. The zero-order chi connectivity index (χ0) is 15.5. The molecule has 0 saturated carbocycles. The van der Waals surface area contributed by atoms with Crippen molar-refractivity contribution in [2.24, 2.45) is 11.3 Å². The average molecular weight is 285 g/mol. The Hall–Kier alpha value is -1.92. The second kappa shape index (κ2) is 6.02. The van der Waals surface area contributed by atoms with Crippen molar-refractivity contribution < 1.29 is 29.1 Å². The number of carbonyl (C=O) groups is 4. The molecule has 0 aliphatic carbocycles. The number of hydroxylamine groups is 2. The molecule has 1 aliphatic rings. The van der Waals surface area contributed by atoms with Gasteiger partial charge in [-0.15, -0.1) is 5.06 Å². The van der Waals surface area contributed by atoms with E-state index in [9.17, 15) is 19.2 Å². The van der Waals surface area contributed by atoms with Crippen molar-refractivity contribution in [3.05, 3.63) is 0 Å². The smallest absolute Gasteiger partial charge is 0.333 e. The van der Waals surface area contributed by atoms with Gasteiger partial charge in [-0.25, -0.2) is 4.79 Å². The second-order valence-electron chi connectivity index (χ2n) is 5.86. The fraction of sp³-hybridized carbons (Fsp3) is 0.692. The van der Waals surface area contributed by atoms with Gasteiger partial charge in [-0.2, -0.15) is 0 Å². The Morgan fingerprint density at radius 3 is 2.35 bits per heavy atom. The third-order valence-electron chi connectivity index (χ3n) is 3.11. The van der Waals surface area contributed by atoms with Crippen molar-refractivity contribution in [2.45, 2.75) is 46.5 Å². The highest BCUT2D eigenvalue weighted by atomic mass is 16.7. The number of aliphatic carboxylic acids is 1. The summed E-state index contributed by atoms with van der Waals surface area (Å²) in [6.07, 6.45) is -0.191. The molecule has 0 aromatic heterocycles. The lowest BCUT2D eigenvalue weighted by atomic mass is 9.80. The van der Waals surface area contributed by atoms with Gasteiger partial charge >= 0.3 is 11.9 Å². The zero-order valence-corrected chi connectivity index (χ0v) is 11.8. The molecule has 112 valence electrons. The summed E-state index contributed by atoms with van der Waals surface area (Å²) in [6.45, 7) is 5.50. The van der Waals surface area contributed by atoms with Crippen LogP contribution in [0.4, 0.5) is 0 Å². The first-order valence-corrected chi connectivity index (χ1v) is 6.42. The van der Waals surface area contributed by atoms with Crippen molar-refractivity contribution in [3.8, 4) is 0 Å². The van der Waals surface area contributed by atoms with Gasteiger partial charge in [0.15, 0.2) is 0 Å². The molecule has 1 saturated heterocycles. The normalized spacial score (nSPS) is 19.4. The van der Waals surface area contributed by atoms with E-state index in [2.05, 4.69) is 0 Å². The minimum absolute atomic E-state index is 0.0186. The summed E-state index contributed by atoms with van der Waals surface area (Å²) in [7, 11) is 0. The summed E-state index contributed by atoms with van der Waals surface area (Å²) in [5.41, 5.74) is -0.392. The highest BCUT2D eigenvalue weighted by molar-refractivity contribution is 6.03. The van der Waals surface area contributed by atoms with E-state index in [1.54, 1.807) is 0 Å². The molecule has 0 radical (unpaired) electrons.